The maximum Gasteiger partial charge on any atom is 0.514 e. The van der Waals surface area contributed by atoms with Gasteiger partial charge in [-0.1, -0.05) is 23.7 Å². The molecule has 0 aromatic heterocycles. The average Bonchev–Trinajstić information content (AvgIpc) is 2.07. The number of rotatable bonds is 2. The van der Waals surface area contributed by atoms with E-state index in [1.807, 2.05) is 0 Å². The van der Waals surface area contributed by atoms with Crippen LogP contribution in [0.3, 0.4) is 0 Å². The largest absolute Gasteiger partial charge is 0.514 e. The van der Waals surface area contributed by atoms with Crippen molar-refractivity contribution in [3.63, 3.8) is 0 Å². The molecule has 76 valence electrons. The van der Waals surface area contributed by atoms with Crippen molar-refractivity contribution >= 4 is 17.8 Å². The Morgan fingerprint density at radius 3 is 2.57 bits per heavy atom. The van der Waals surface area contributed by atoms with Gasteiger partial charge in [-0.25, -0.2) is 4.79 Å². The van der Waals surface area contributed by atoms with Gasteiger partial charge in [-0.05, 0) is 26.0 Å². The summed E-state index contributed by atoms with van der Waals surface area (Å²) >= 11 is 5.77. The molecule has 0 N–H and O–H groups in total. The van der Waals surface area contributed by atoms with Crippen molar-refractivity contribution in [3.8, 4) is 5.75 Å². The van der Waals surface area contributed by atoms with E-state index < -0.39 is 6.16 Å². The van der Waals surface area contributed by atoms with Gasteiger partial charge in [0.05, 0.1) is 11.1 Å². The highest BCUT2D eigenvalue weighted by Crippen LogP contribution is 2.23. The fourth-order valence-corrected chi connectivity index (χ4v) is 1.01. The fraction of sp³-hybridized carbons (Fsp3) is 0.300. The second-order valence-electron chi connectivity index (χ2n) is 2.95. The van der Waals surface area contributed by atoms with E-state index in [-0.39, 0.29) is 6.10 Å². The third-order valence-corrected chi connectivity index (χ3v) is 1.67. The number of carbonyl (C=O) groups is 1. The van der Waals surface area contributed by atoms with E-state index in [9.17, 15) is 4.79 Å². The number of hydrogen-bond donors (Lipinski definition) is 0. The lowest BCUT2D eigenvalue weighted by molar-refractivity contribution is 0.0729. The zero-order valence-electron chi connectivity index (χ0n) is 7.99. The van der Waals surface area contributed by atoms with Crippen LogP contribution in [0, 0.1) is 0 Å². The Hall–Kier alpha value is -1.22. The molecule has 0 fully saturated rings. The zero-order valence-corrected chi connectivity index (χ0v) is 8.75. The van der Waals surface area contributed by atoms with E-state index >= 15 is 0 Å². The van der Waals surface area contributed by atoms with Crippen LogP contribution in [0.1, 0.15) is 13.8 Å². The molecule has 0 unspecified atom stereocenters. The Kier molecular flexibility index (Phi) is 3.77. The predicted molar refractivity (Wildman–Crippen MR) is 53.7 cm³/mol. The Bertz CT molecular complexity index is 323. The maximum absolute atomic E-state index is 11.1. The second-order valence-corrected chi connectivity index (χ2v) is 3.36. The lowest BCUT2D eigenvalue weighted by Gasteiger charge is -2.08. The highest BCUT2D eigenvalue weighted by Gasteiger charge is 2.09. The standard InChI is InChI=1S/C10H11ClO3/c1-7(2)13-10(12)14-9-6-4-3-5-8(9)11/h3-7H,1-2H3. The molecule has 1 aromatic carbocycles. The molecular formula is C10H11ClO3. The molecule has 0 saturated heterocycles. The van der Waals surface area contributed by atoms with Gasteiger partial charge in [0.15, 0.2) is 5.75 Å². The van der Waals surface area contributed by atoms with Gasteiger partial charge in [0.1, 0.15) is 0 Å². The average molecular weight is 215 g/mol. The molecule has 0 aliphatic heterocycles. The van der Waals surface area contributed by atoms with Gasteiger partial charge in [-0.2, -0.15) is 0 Å². The summed E-state index contributed by atoms with van der Waals surface area (Å²) in [7, 11) is 0. The van der Waals surface area contributed by atoms with Crippen LogP contribution in [-0.4, -0.2) is 12.3 Å². The molecule has 0 heterocycles. The SMILES string of the molecule is CC(C)OC(=O)Oc1ccccc1Cl. The molecule has 0 spiro atoms. The van der Waals surface area contributed by atoms with Crippen LogP contribution in [0.2, 0.25) is 5.02 Å². The van der Waals surface area contributed by atoms with Gasteiger partial charge in [-0.15, -0.1) is 0 Å². The Morgan fingerprint density at radius 1 is 1.36 bits per heavy atom. The van der Waals surface area contributed by atoms with Crippen molar-refractivity contribution in [2.45, 2.75) is 20.0 Å². The topological polar surface area (TPSA) is 35.5 Å². The molecular weight excluding hydrogens is 204 g/mol. The van der Waals surface area contributed by atoms with Crippen LogP contribution >= 0.6 is 11.6 Å². The van der Waals surface area contributed by atoms with Crippen LogP contribution < -0.4 is 4.74 Å². The Labute approximate surface area is 87.6 Å². The first-order chi connectivity index (χ1) is 6.59. The van der Waals surface area contributed by atoms with E-state index in [4.69, 9.17) is 21.1 Å². The smallest absolute Gasteiger partial charge is 0.431 e. The van der Waals surface area contributed by atoms with Crippen LogP contribution in [0.25, 0.3) is 0 Å². The summed E-state index contributed by atoms with van der Waals surface area (Å²) in [6, 6.07) is 6.72. The number of ether oxygens (including phenoxy) is 2. The molecule has 0 radical (unpaired) electrons. The van der Waals surface area contributed by atoms with Gasteiger partial charge < -0.3 is 9.47 Å². The second kappa shape index (κ2) is 4.86. The Morgan fingerprint density at radius 2 is 2.00 bits per heavy atom. The van der Waals surface area contributed by atoms with Gasteiger partial charge in [0.25, 0.3) is 0 Å². The Balaban J connectivity index is 2.61. The van der Waals surface area contributed by atoms with E-state index in [0.29, 0.717) is 10.8 Å². The number of benzene rings is 1. The molecule has 0 atom stereocenters. The molecule has 0 bridgehead atoms. The molecule has 14 heavy (non-hydrogen) atoms. The lowest BCUT2D eigenvalue weighted by Crippen LogP contribution is -2.15. The lowest BCUT2D eigenvalue weighted by atomic mass is 10.3. The van der Waals surface area contributed by atoms with Crippen molar-refractivity contribution in [3.05, 3.63) is 29.3 Å². The summed E-state index contributed by atoms with van der Waals surface area (Å²) in [4.78, 5) is 11.1. The summed E-state index contributed by atoms with van der Waals surface area (Å²) in [5.41, 5.74) is 0. The van der Waals surface area contributed by atoms with Crippen molar-refractivity contribution in [1.29, 1.82) is 0 Å². The summed E-state index contributed by atoms with van der Waals surface area (Å²) in [5, 5.41) is 0.383. The van der Waals surface area contributed by atoms with Crippen LogP contribution in [-0.2, 0) is 4.74 Å². The van der Waals surface area contributed by atoms with Crippen LogP contribution in [0.5, 0.6) is 5.75 Å². The van der Waals surface area contributed by atoms with Crippen LogP contribution in [0.15, 0.2) is 24.3 Å². The molecule has 3 nitrogen and oxygen atoms in total. The molecule has 4 heteroatoms. The molecule has 0 aliphatic rings. The maximum atomic E-state index is 11.1. The van der Waals surface area contributed by atoms with Crippen molar-refractivity contribution < 1.29 is 14.3 Å². The molecule has 0 saturated carbocycles. The summed E-state index contributed by atoms with van der Waals surface area (Å²) < 4.78 is 9.65. The molecule has 1 aromatic rings. The van der Waals surface area contributed by atoms with Crippen molar-refractivity contribution in [2.75, 3.05) is 0 Å². The van der Waals surface area contributed by atoms with E-state index in [1.165, 1.54) is 0 Å². The number of halogens is 1. The summed E-state index contributed by atoms with van der Waals surface area (Å²) in [6.45, 7) is 3.49. The highest BCUT2D eigenvalue weighted by atomic mass is 35.5. The first kappa shape index (κ1) is 10.9. The van der Waals surface area contributed by atoms with Gasteiger partial charge >= 0.3 is 6.16 Å². The van der Waals surface area contributed by atoms with Gasteiger partial charge in [0, 0.05) is 0 Å². The fourth-order valence-electron chi connectivity index (χ4n) is 0.834. The monoisotopic (exact) mass is 214 g/mol. The van der Waals surface area contributed by atoms with Gasteiger partial charge in [0.2, 0.25) is 0 Å². The third kappa shape index (κ3) is 3.26. The minimum Gasteiger partial charge on any atom is -0.431 e. The van der Waals surface area contributed by atoms with Gasteiger partial charge in [-0.3, -0.25) is 0 Å². The molecule has 1 rings (SSSR count). The highest BCUT2D eigenvalue weighted by molar-refractivity contribution is 6.32. The van der Waals surface area contributed by atoms with Crippen LogP contribution in [0.4, 0.5) is 4.79 Å². The first-order valence-electron chi connectivity index (χ1n) is 4.22. The van der Waals surface area contributed by atoms with E-state index in [2.05, 4.69) is 0 Å². The minimum atomic E-state index is -0.742. The normalized spacial score (nSPS) is 10.0. The number of hydrogen-bond acceptors (Lipinski definition) is 3. The summed E-state index contributed by atoms with van der Waals surface area (Å²) in [5.74, 6) is 0.305. The zero-order chi connectivity index (χ0) is 10.6. The minimum absolute atomic E-state index is 0.204. The number of para-hydroxylation sites is 1. The first-order valence-corrected chi connectivity index (χ1v) is 4.60. The van der Waals surface area contributed by atoms with Crippen molar-refractivity contribution in [2.24, 2.45) is 0 Å². The number of carbonyl (C=O) groups excluding carboxylic acids is 1. The third-order valence-electron chi connectivity index (χ3n) is 1.36. The predicted octanol–water partition coefficient (Wildman–Crippen LogP) is 3.26. The van der Waals surface area contributed by atoms with E-state index in [0.717, 1.165) is 0 Å². The summed E-state index contributed by atoms with van der Waals surface area (Å²) in [6.07, 6.45) is -0.946. The molecule has 0 aliphatic carbocycles. The van der Waals surface area contributed by atoms with Crippen molar-refractivity contribution in [1.82, 2.24) is 0 Å². The quantitative estimate of drug-likeness (QED) is 0.560. The van der Waals surface area contributed by atoms with E-state index in [1.54, 1.807) is 38.1 Å². The molecule has 0 amide bonds.